The van der Waals surface area contributed by atoms with Gasteiger partial charge in [-0.2, -0.15) is 0 Å². The highest BCUT2D eigenvalue weighted by Gasteiger charge is 2.66. The average molecular weight is 256 g/mol. The lowest BCUT2D eigenvalue weighted by Gasteiger charge is -2.29. The number of ether oxygens (including phenoxy) is 1. The Bertz CT molecular complexity index is 340. The standard InChI is InChI=1S/C13H24N2O3/c1-12(2,3)18-11(17)13(4-10(13)14)9-6-15-5-8(9)7-16/h8-10,15-16H,4-7,14H2,1-3H3/t8-,9-,10?,13?/m0/s1. The molecule has 5 nitrogen and oxygen atoms in total. The van der Waals surface area contributed by atoms with Gasteiger partial charge >= 0.3 is 5.97 Å². The number of nitrogens with one attached hydrogen (secondary N) is 1. The van der Waals surface area contributed by atoms with E-state index in [1.165, 1.54) is 0 Å². The van der Waals surface area contributed by atoms with Crippen LogP contribution in [0.3, 0.4) is 0 Å². The van der Waals surface area contributed by atoms with Crippen LogP contribution >= 0.6 is 0 Å². The summed E-state index contributed by atoms with van der Waals surface area (Å²) in [6.07, 6.45) is 0.671. The molecule has 0 radical (unpaired) electrons. The molecule has 2 rings (SSSR count). The van der Waals surface area contributed by atoms with E-state index in [1.807, 2.05) is 20.8 Å². The number of aliphatic hydroxyl groups is 1. The van der Waals surface area contributed by atoms with E-state index in [4.69, 9.17) is 10.5 Å². The number of hydrogen-bond donors (Lipinski definition) is 3. The number of aliphatic hydroxyl groups excluding tert-OH is 1. The number of hydrogen-bond acceptors (Lipinski definition) is 5. The molecule has 2 fully saturated rings. The molecule has 1 saturated heterocycles. The topological polar surface area (TPSA) is 84.6 Å². The van der Waals surface area contributed by atoms with E-state index in [0.717, 1.165) is 13.1 Å². The van der Waals surface area contributed by atoms with Gasteiger partial charge in [-0.05, 0) is 45.6 Å². The Balaban J connectivity index is 2.14. The summed E-state index contributed by atoms with van der Waals surface area (Å²) in [5.74, 6) is -0.00642. The Morgan fingerprint density at radius 3 is 2.56 bits per heavy atom. The summed E-state index contributed by atoms with van der Waals surface area (Å²) in [4.78, 5) is 12.4. The number of carbonyl (C=O) groups excluding carboxylic acids is 1. The minimum absolute atomic E-state index is 0.0901. The quantitative estimate of drug-likeness (QED) is 0.613. The van der Waals surface area contributed by atoms with Crippen molar-refractivity contribution in [3.05, 3.63) is 0 Å². The molecule has 0 spiro atoms. The Labute approximate surface area is 108 Å². The van der Waals surface area contributed by atoms with Gasteiger partial charge in [-0.1, -0.05) is 0 Å². The van der Waals surface area contributed by atoms with Crippen LogP contribution in [-0.4, -0.2) is 42.4 Å². The molecule has 18 heavy (non-hydrogen) atoms. The summed E-state index contributed by atoms with van der Waals surface area (Å²) in [5.41, 5.74) is 4.94. The molecule has 0 aromatic carbocycles. The maximum atomic E-state index is 12.4. The summed E-state index contributed by atoms with van der Waals surface area (Å²) in [6.45, 7) is 7.17. The third-order valence-corrected chi connectivity index (χ3v) is 4.07. The predicted octanol–water partition coefficient (Wildman–Crippen LogP) is -0.127. The van der Waals surface area contributed by atoms with Gasteiger partial charge < -0.3 is 20.9 Å². The summed E-state index contributed by atoms with van der Waals surface area (Å²) < 4.78 is 5.51. The first-order valence-corrected chi connectivity index (χ1v) is 6.62. The fraction of sp³-hybridized carbons (Fsp3) is 0.923. The third kappa shape index (κ3) is 2.27. The lowest BCUT2D eigenvalue weighted by Crippen LogP contribution is -2.41. The van der Waals surface area contributed by atoms with E-state index in [9.17, 15) is 9.90 Å². The second-order valence-electron chi connectivity index (χ2n) is 6.56. The van der Waals surface area contributed by atoms with Crippen molar-refractivity contribution in [1.82, 2.24) is 5.32 Å². The van der Waals surface area contributed by atoms with Gasteiger partial charge in [0.25, 0.3) is 0 Å². The largest absolute Gasteiger partial charge is 0.459 e. The molecule has 0 amide bonds. The van der Waals surface area contributed by atoms with Crippen molar-refractivity contribution in [1.29, 1.82) is 0 Å². The van der Waals surface area contributed by atoms with Gasteiger partial charge in [0.05, 0.1) is 5.41 Å². The van der Waals surface area contributed by atoms with E-state index in [-0.39, 0.29) is 30.5 Å². The molecule has 2 aliphatic rings. The van der Waals surface area contributed by atoms with Crippen LogP contribution in [0.5, 0.6) is 0 Å². The second-order valence-corrected chi connectivity index (χ2v) is 6.56. The van der Waals surface area contributed by atoms with E-state index in [0.29, 0.717) is 6.42 Å². The second kappa shape index (κ2) is 4.47. The van der Waals surface area contributed by atoms with Crippen LogP contribution in [0.25, 0.3) is 0 Å². The van der Waals surface area contributed by atoms with Crippen LogP contribution in [0.1, 0.15) is 27.2 Å². The lowest BCUT2D eigenvalue weighted by molar-refractivity contribution is -0.165. The minimum Gasteiger partial charge on any atom is -0.459 e. The Kier molecular flexibility index (Phi) is 3.42. The highest BCUT2D eigenvalue weighted by Crippen LogP contribution is 2.55. The van der Waals surface area contributed by atoms with Crippen molar-refractivity contribution in [2.75, 3.05) is 19.7 Å². The molecule has 1 saturated carbocycles. The number of nitrogens with two attached hydrogens (primary N) is 1. The highest BCUT2D eigenvalue weighted by molar-refractivity contribution is 5.82. The molecule has 1 aliphatic carbocycles. The normalized spacial score (nSPS) is 39.7. The summed E-state index contributed by atoms with van der Waals surface area (Å²) in [6, 6.07) is -0.133. The number of carbonyl (C=O) groups is 1. The Hall–Kier alpha value is -0.650. The van der Waals surface area contributed by atoms with Crippen LogP contribution < -0.4 is 11.1 Å². The van der Waals surface area contributed by atoms with Gasteiger partial charge in [-0.15, -0.1) is 0 Å². The molecule has 1 aliphatic heterocycles. The first kappa shape index (κ1) is 13.8. The van der Waals surface area contributed by atoms with E-state index in [2.05, 4.69) is 5.32 Å². The highest BCUT2D eigenvalue weighted by atomic mass is 16.6. The molecule has 1 heterocycles. The SMILES string of the molecule is CC(C)(C)OC(=O)C1([C@H]2CNC[C@H]2CO)CC1N. The first-order valence-electron chi connectivity index (χ1n) is 6.62. The van der Waals surface area contributed by atoms with Crippen molar-refractivity contribution in [3.63, 3.8) is 0 Å². The molecular formula is C13H24N2O3. The van der Waals surface area contributed by atoms with Crippen molar-refractivity contribution in [2.45, 2.75) is 38.8 Å². The number of rotatable bonds is 3. The molecule has 5 heteroatoms. The zero-order valence-electron chi connectivity index (χ0n) is 11.4. The smallest absolute Gasteiger partial charge is 0.314 e. The lowest BCUT2D eigenvalue weighted by atomic mass is 9.80. The predicted molar refractivity (Wildman–Crippen MR) is 67.8 cm³/mol. The van der Waals surface area contributed by atoms with Gasteiger partial charge in [0.15, 0.2) is 0 Å². The average Bonchev–Trinajstić information content (AvgIpc) is 2.74. The van der Waals surface area contributed by atoms with Gasteiger partial charge in [0, 0.05) is 19.2 Å². The molecule has 4 atom stereocenters. The van der Waals surface area contributed by atoms with Crippen molar-refractivity contribution in [3.8, 4) is 0 Å². The maximum Gasteiger partial charge on any atom is 0.314 e. The van der Waals surface area contributed by atoms with E-state index in [1.54, 1.807) is 0 Å². The summed E-state index contributed by atoms with van der Waals surface area (Å²) in [7, 11) is 0. The zero-order chi connectivity index (χ0) is 13.6. The first-order chi connectivity index (χ1) is 8.31. The minimum atomic E-state index is -0.579. The summed E-state index contributed by atoms with van der Waals surface area (Å²) >= 11 is 0. The van der Waals surface area contributed by atoms with Crippen LogP contribution in [0, 0.1) is 17.3 Å². The van der Waals surface area contributed by atoms with E-state index >= 15 is 0 Å². The van der Waals surface area contributed by atoms with Gasteiger partial charge in [0.2, 0.25) is 0 Å². The molecular weight excluding hydrogens is 232 g/mol. The number of esters is 1. The summed E-state index contributed by atoms with van der Waals surface area (Å²) in [5, 5.41) is 12.6. The Morgan fingerprint density at radius 2 is 2.11 bits per heavy atom. The van der Waals surface area contributed by atoms with Gasteiger partial charge in [-0.3, -0.25) is 4.79 Å². The van der Waals surface area contributed by atoms with Gasteiger partial charge in [-0.25, -0.2) is 0 Å². The van der Waals surface area contributed by atoms with Crippen LogP contribution in [-0.2, 0) is 9.53 Å². The molecule has 0 aromatic heterocycles. The molecule has 0 aromatic rings. The molecule has 4 N–H and O–H groups in total. The Morgan fingerprint density at radius 1 is 1.50 bits per heavy atom. The molecule has 2 unspecified atom stereocenters. The maximum absolute atomic E-state index is 12.4. The third-order valence-electron chi connectivity index (χ3n) is 4.07. The van der Waals surface area contributed by atoms with Crippen LogP contribution in [0.15, 0.2) is 0 Å². The van der Waals surface area contributed by atoms with E-state index < -0.39 is 11.0 Å². The van der Waals surface area contributed by atoms with Crippen LogP contribution in [0.4, 0.5) is 0 Å². The fourth-order valence-corrected chi connectivity index (χ4v) is 3.02. The molecule has 104 valence electrons. The van der Waals surface area contributed by atoms with Crippen LogP contribution in [0.2, 0.25) is 0 Å². The van der Waals surface area contributed by atoms with Crippen molar-refractivity contribution in [2.24, 2.45) is 23.0 Å². The zero-order valence-corrected chi connectivity index (χ0v) is 11.4. The van der Waals surface area contributed by atoms with Crippen molar-refractivity contribution >= 4 is 5.97 Å². The monoisotopic (exact) mass is 256 g/mol. The molecule has 0 bridgehead atoms. The fourth-order valence-electron chi connectivity index (χ4n) is 3.02. The van der Waals surface area contributed by atoms with Crippen molar-refractivity contribution < 1.29 is 14.6 Å². The van der Waals surface area contributed by atoms with Gasteiger partial charge in [0.1, 0.15) is 5.60 Å².